The Bertz CT molecular complexity index is 643. The van der Waals surface area contributed by atoms with Crippen molar-refractivity contribution in [3.63, 3.8) is 0 Å². The minimum atomic E-state index is -0.451. The van der Waals surface area contributed by atoms with Gasteiger partial charge in [0.25, 0.3) is 0 Å². The van der Waals surface area contributed by atoms with Crippen molar-refractivity contribution in [1.29, 1.82) is 0 Å². The largest absolute Gasteiger partial charge is 0.304 e. The molecule has 0 aliphatic rings. The van der Waals surface area contributed by atoms with E-state index < -0.39 is 5.82 Å². The Balaban J connectivity index is 2.22. The molecule has 0 amide bonds. The summed E-state index contributed by atoms with van der Waals surface area (Å²) in [5.74, 6) is -0.451. The van der Waals surface area contributed by atoms with E-state index in [0.29, 0.717) is 10.6 Å². The highest BCUT2D eigenvalue weighted by molar-refractivity contribution is 6.36. The maximum Gasteiger partial charge on any atom is 0.142 e. The summed E-state index contributed by atoms with van der Waals surface area (Å²) >= 11 is 12.2. The molecule has 0 saturated carbocycles. The molecule has 1 N–H and O–H groups in total. The van der Waals surface area contributed by atoms with E-state index in [1.165, 1.54) is 23.3 Å². The number of rotatable bonds is 4. The molecule has 0 spiro atoms. The normalized spacial score (nSPS) is 14.0. The summed E-state index contributed by atoms with van der Waals surface area (Å²) in [7, 11) is 0. The van der Waals surface area contributed by atoms with Crippen LogP contribution in [0.3, 0.4) is 0 Å². The van der Waals surface area contributed by atoms with Crippen molar-refractivity contribution in [2.75, 3.05) is 0 Å². The maximum absolute atomic E-state index is 13.6. The van der Waals surface area contributed by atoms with Gasteiger partial charge in [0, 0.05) is 22.7 Å². The van der Waals surface area contributed by atoms with Gasteiger partial charge in [-0.25, -0.2) is 4.39 Å². The molecule has 0 saturated heterocycles. The van der Waals surface area contributed by atoms with Gasteiger partial charge in [-0.05, 0) is 38.5 Å². The molecule has 0 aromatic heterocycles. The third-order valence-electron chi connectivity index (χ3n) is 3.55. The van der Waals surface area contributed by atoms with Crippen LogP contribution in [0.15, 0.2) is 36.4 Å². The highest BCUT2D eigenvalue weighted by Gasteiger charge is 2.19. The van der Waals surface area contributed by atoms with E-state index in [0.717, 1.165) is 0 Å². The Hall–Kier alpha value is -1.09. The number of benzene rings is 2. The molecular formula is C17H18Cl2FN. The molecule has 1 unspecified atom stereocenters. The second kappa shape index (κ2) is 6.78. The molecule has 0 bridgehead atoms. The van der Waals surface area contributed by atoms with E-state index in [1.54, 1.807) is 0 Å². The van der Waals surface area contributed by atoms with Crippen molar-refractivity contribution in [3.05, 3.63) is 69.0 Å². The standard InChI is InChI=1S/C17H18Cl2FN/c1-10-5-4-6-13(9-10)11(2)21-12(3)16-14(18)7-8-15(20)17(16)19/h4-9,11-12,21H,1-3H3/t11-,12?/m1/s1. The van der Waals surface area contributed by atoms with E-state index in [2.05, 4.69) is 37.4 Å². The molecule has 2 atom stereocenters. The molecule has 0 radical (unpaired) electrons. The average Bonchev–Trinajstić information content (AvgIpc) is 2.43. The van der Waals surface area contributed by atoms with Crippen LogP contribution in [0.1, 0.15) is 42.6 Å². The molecule has 2 aromatic carbocycles. The third-order valence-corrected chi connectivity index (χ3v) is 4.27. The second-order valence-corrected chi connectivity index (χ2v) is 6.07. The highest BCUT2D eigenvalue weighted by atomic mass is 35.5. The monoisotopic (exact) mass is 325 g/mol. The van der Waals surface area contributed by atoms with Crippen LogP contribution in [0, 0.1) is 12.7 Å². The first-order chi connectivity index (χ1) is 9.90. The smallest absolute Gasteiger partial charge is 0.142 e. The molecule has 2 rings (SSSR count). The Morgan fingerprint density at radius 1 is 1.05 bits per heavy atom. The number of halogens is 3. The van der Waals surface area contributed by atoms with Gasteiger partial charge in [-0.2, -0.15) is 0 Å². The van der Waals surface area contributed by atoms with E-state index in [1.807, 2.05) is 13.0 Å². The van der Waals surface area contributed by atoms with E-state index in [-0.39, 0.29) is 17.1 Å². The van der Waals surface area contributed by atoms with Crippen LogP contribution >= 0.6 is 23.2 Å². The van der Waals surface area contributed by atoms with Crippen LogP contribution in [0.5, 0.6) is 0 Å². The molecule has 1 nitrogen and oxygen atoms in total. The molecule has 21 heavy (non-hydrogen) atoms. The number of aryl methyl sites for hydroxylation is 1. The lowest BCUT2D eigenvalue weighted by Gasteiger charge is -2.23. The molecule has 4 heteroatoms. The lowest BCUT2D eigenvalue weighted by Crippen LogP contribution is -2.23. The lowest BCUT2D eigenvalue weighted by atomic mass is 10.0. The fourth-order valence-corrected chi connectivity index (χ4v) is 3.13. The van der Waals surface area contributed by atoms with E-state index in [4.69, 9.17) is 23.2 Å². The zero-order chi connectivity index (χ0) is 15.6. The Morgan fingerprint density at radius 2 is 1.76 bits per heavy atom. The number of hydrogen-bond donors (Lipinski definition) is 1. The summed E-state index contributed by atoms with van der Waals surface area (Å²) in [6.45, 7) is 6.05. The predicted octanol–water partition coefficient (Wildman–Crippen LogP) is 5.85. The van der Waals surface area contributed by atoms with Gasteiger partial charge < -0.3 is 5.32 Å². The summed E-state index contributed by atoms with van der Waals surface area (Å²) in [4.78, 5) is 0. The van der Waals surface area contributed by atoms with Crippen molar-refractivity contribution < 1.29 is 4.39 Å². The first-order valence-corrected chi connectivity index (χ1v) is 7.61. The number of hydrogen-bond acceptors (Lipinski definition) is 1. The summed E-state index contributed by atoms with van der Waals surface area (Å²) in [6.07, 6.45) is 0. The van der Waals surface area contributed by atoms with Gasteiger partial charge in [-0.3, -0.25) is 0 Å². The SMILES string of the molecule is Cc1cccc([C@@H](C)NC(C)c2c(Cl)ccc(F)c2Cl)c1. The van der Waals surface area contributed by atoms with Crippen LogP contribution < -0.4 is 5.32 Å². The van der Waals surface area contributed by atoms with Crippen molar-refractivity contribution in [1.82, 2.24) is 5.32 Å². The zero-order valence-electron chi connectivity index (χ0n) is 12.3. The first kappa shape index (κ1) is 16.3. The Labute approximate surface area is 135 Å². The van der Waals surface area contributed by atoms with Gasteiger partial charge in [0.2, 0.25) is 0 Å². The van der Waals surface area contributed by atoms with Gasteiger partial charge in [0.1, 0.15) is 5.82 Å². The van der Waals surface area contributed by atoms with Gasteiger partial charge in [0.05, 0.1) is 5.02 Å². The summed E-state index contributed by atoms with van der Waals surface area (Å²) in [5.41, 5.74) is 2.97. The number of nitrogens with one attached hydrogen (secondary N) is 1. The first-order valence-electron chi connectivity index (χ1n) is 6.86. The molecular weight excluding hydrogens is 308 g/mol. The maximum atomic E-state index is 13.6. The fraction of sp³-hybridized carbons (Fsp3) is 0.294. The van der Waals surface area contributed by atoms with Crippen molar-refractivity contribution >= 4 is 23.2 Å². The minimum absolute atomic E-state index is 0.0824. The minimum Gasteiger partial charge on any atom is -0.304 e. The van der Waals surface area contributed by atoms with Crippen molar-refractivity contribution in [2.45, 2.75) is 32.9 Å². The average molecular weight is 326 g/mol. The fourth-order valence-electron chi connectivity index (χ4n) is 2.43. The van der Waals surface area contributed by atoms with E-state index >= 15 is 0 Å². The molecule has 0 aliphatic heterocycles. The summed E-state index contributed by atoms with van der Waals surface area (Å²) in [6, 6.07) is 11.0. The summed E-state index contributed by atoms with van der Waals surface area (Å²) in [5, 5.41) is 3.97. The molecule has 0 heterocycles. The van der Waals surface area contributed by atoms with Crippen molar-refractivity contribution in [3.8, 4) is 0 Å². The van der Waals surface area contributed by atoms with Gasteiger partial charge in [-0.15, -0.1) is 0 Å². The predicted molar refractivity (Wildman–Crippen MR) is 87.6 cm³/mol. The van der Waals surface area contributed by atoms with Gasteiger partial charge in [0.15, 0.2) is 0 Å². The topological polar surface area (TPSA) is 12.0 Å². The molecule has 2 aromatic rings. The van der Waals surface area contributed by atoms with Crippen LogP contribution in [0.2, 0.25) is 10.0 Å². The molecule has 112 valence electrons. The Kier molecular flexibility index (Phi) is 5.26. The van der Waals surface area contributed by atoms with Crippen LogP contribution in [0.25, 0.3) is 0 Å². The Morgan fingerprint density at radius 3 is 2.43 bits per heavy atom. The summed E-state index contributed by atoms with van der Waals surface area (Å²) < 4.78 is 13.6. The van der Waals surface area contributed by atoms with Gasteiger partial charge in [-0.1, -0.05) is 53.0 Å². The quantitative estimate of drug-likeness (QED) is 0.695. The van der Waals surface area contributed by atoms with Crippen LogP contribution in [-0.4, -0.2) is 0 Å². The highest BCUT2D eigenvalue weighted by Crippen LogP contribution is 2.33. The zero-order valence-corrected chi connectivity index (χ0v) is 13.8. The third kappa shape index (κ3) is 3.76. The van der Waals surface area contributed by atoms with Gasteiger partial charge >= 0.3 is 0 Å². The van der Waals surface area contributed by atoms with Crippen molar-refractivity contribution in [2.24, 2.45) is 0 Å². The second-order valence-electron chi connectivity index (χ2n) is 5.28. The van der Waals surface area contributed by atoms with E-state index in [9.17, 15) is 4.39 Å². The lowest BCUT2D eigenvalue weighted by molar-refractivity contribution is 0.492. The molecule has 0 fully saturated rings. The molecule has 0 aliphatic carbocycles. The van der Waals surface area contributed by atoms with Crippen LogP contribution in [0.4, 0.5) is 4.39 Å². The van der Waals surface area contributed by atoms with Crippen LogP contribution in [-0.2, 0) is 0 Å².